The van der Waals surface area contributed by atoms with Gasteiger partial charge in [0.1, 0.15) is 6.33 Å². The van der Waals surface area contributed by atoms with Crippen molar-refractivity contribution in [1.82, 2.24) is 15.1 Å². The molecule has 1 N–H and O–H groups in total. The third-order valence-electron chi connectivity index (χ3n) is 2.27. The van der Waals surface area contributed by atoms with Gasteiger partial charge < -0.3 is 9.63 Å². The van der Waals surface area contributed by atoms with Crippen molar-refractivity contribution in [1.29, 1.82) is 0 Å². The van der Waals surface area contributed by atoms with Gasteiger partial charge in [-0.25, -0.2) is 9.97 Å². The molecule has 17 heavy (non-hydrogen) atoms. The van der Waals surface area contributed by atoms with Gasteiger partial charge in [0.2, 0.25) is 5.76 Å². The van der Waals surface area contributed by atoms with E-state index >= 15 is 0 Å². The first-order valence-electron chi connectivity index (χ1n) is 5.34. The van der Waals surface area contributed by atoms with E-state index in [1.807, 2.05) is 13.0 Å². The van der Waals surface area contributed by atoms with Crippen LogP contribution in [0.3, 0.4) is 0 Å². The molecule has 0 aliphatic heterocycles. The zero-order valence-electron chi connectivity index (χ0n) is 9.71. The molecule has 0 saturated carbocycles. The highest BCUT2D eigenvalue weighted by atomic mass is 16.5. The fourth-order valence-electron chi connectivity index (χ4n) is 1.38. The summed E-state index contributed by atoms with van der Waals surface area (Å²) in [5.41, 5.74) is 2.29. The molecule has 0 aliphatic rings. The van der Waals surface area contributed by atoms with Gasteiger partial charge in [0, 0.05) is 17.8 Å². The molecule has 0 saturated heterocycles. The minimum Gasteiger partial charge on any atom is -0.504 e. The Labute approximate surface area is 98.8 Å². The van der Waals surface area contributed by atoms with E-state index in [0.717, 1.165) is 17.8 Å². The SMILES string of the molecule is CCc1cc(/C=C(\O)c2cc(C)no2)ncn1. The zero-order chi connectivity index (χ0) is 12.3. The van der Waals surface area contributed by atoms with Gasteiger partial charge in [0.05, 0.1) is 11.4 Å². The molecule has 0 bridgehead atoms. The maximum atomic E-state index is 9.82. The van der Waals surface area contributed by atoms with Crippen LogP contribution in [0.15, 0.2) is 23.0 Å². The van der Waals surface area contributed by atoms with Crippen LogP contribution in [0.4, 0.5) is 0 Å². The summed E-state index contributed by atoms with van der Waals surface area (Å²) >= 11 is 0. The number of aromatic nitrogens is 3. The Balaban J connectivity index is 2.29. The molecule has 88 valence electrons. The fraction of sp³-hybridized carbons (Fsp3) is 0.250. The molecule has 0 spiro atoms. The van der Waals surface area contributed by atoms with Gasteiger partial charge >= 0.3 is 0 Å². The molecular weight excluding hydrogens is 218 g/mol. The van der Waals surface area contributed by atoms with E-state index in [2.05, 4.69) is 15.1 Å². The van der Waals surface area contributed by atoms with Crippen LogP contribution in [0.2, 0.25) is 0 Å². The highest BCUT2D eigenvalue weighted by molar-refractivity contribution is 5.72. The van der Waals surface area contributed by atoms with Crippen molar-refractivity contribution in [2.24, 2.45) is 0 Å². The second kappa shape index (κ2) is 4.78. The Morgan fingerprint density at radius 1 is 1.41 bits per heavy atom. The second-order valence-electron chi connectivity index (χ2n) is 3.65. The monoisotopic (exact) mass is 231 g/mol. The highest BCUT2D eigenvalue weighted by Gasteiger charge is 2.06. The number of aryl methyl sites for hydroxylation is 2. The Bertz CT molecular complexity index is 546. The Kier molecular flexibility index (Phi) is 3.18. The quantitative estimate of drug-likeness (QED) is 0.821. The van der Waals surface area contributed by atoms with E-state index in [1.165, 1.54) is 12.4 Å². The van der Waals surface area contributed by atoms with E-state index in [4.69, 9.17) is 4.52 Å². The summed E-state index contributed by atoms with van der Waals surface area (Å²) in [6.45, 7) is 3.80. The predicted octanol–water partition coefficient (Wildman–Crippen LogP) is 2.39. The molecule has 5 nitrogen and oxygen atoms in total. The maximum absolute atomic E-state index is 9.82. The molecule has 0 amide bonds. The maximum Gasteiger partial charge on any atom is 0.201 e. The number of aliphatic hydroxyl groups excluding tert-OH is 1. The molecule has 2 aromatic rings. The van der Waals surface area contributed by atoms with Crippen molar-refractivity contribution in [2.45, 2.75) is 20.3 Å². The summed E-state index contributed by atoms with van der Waals surface area (Å²) < 4.78 is 4.94. The summed E-state index contributed by atoms with van der Waals surface area (Å²) in [6, 6.07) is 3.48. The minimum absolute atomic E-state index is 0.00588. The standard InChI is InChI=1S/C12H13N3O2/c1-3-9-5-10(14-7-13-9)6-11(16)12-4-8(2)15-17-12/h4-7,16H,3H2,1-2H3/b11-6-. The molecule has 0 radical (unpaired) electrons. The van der Waals surface area contributed by atoms with E-state index in [1.54, 1.807) is 13.0 Å². The molecular formula is C12H13N3O2. The molecule has 0 unspecified atom stereocenters. The van der Waals surface area contributed by atoms with Crippen LogP contribution in [-0.2, 0) is 6.42 Å². The van der Waals surface area contributed by atoms with E-state index in [9.17, 15) is 5.11 Å². The van der Waals surface area contributed by atoms with Gasteiger partial charge in [0.15, 0.2) is 5.76 Å². The van der Waals surface area contributed by atoms with E-state index < -0.39 is 0 Å². The van der Waals surface area contributed by atoms with Crippen molar-refractivity contribution in [3.8, 4) is 0 Å². The summed E-state index contributed by atoms with van der Waals surface area (Å²) in [5.74, 6) is 0.338. The lowest BCUT2D eigenvalue weighted by molar-refractivity contribution is 0.379. The van der Waals surface area contributed by atoms with Gasteiger partial charge in [0.25, 0.3) is 0 Å². The van der Waals surface area contributed by atoms with Gasteiger partial charge in [-0.3, -0.25) is 0 Å². The normalized spacial score (nSPS) is 11.8. The third-order valence-corrected chi connectivity index (χ3v) is 2.27. The average Bonchev–Trinajstić information content (AvgIpc) is 2.76. The van der Waals surface area contributed by atoms with Crippen LogP contribution in [0, 0.1) is 6.92 Å². The second-order valence-corrected chi connectivity index (χ2v) is 3.65. The van der Waals surface area contributed by atoms with Crippen molar-refractivity contribution < 1.29 is 9.63 Å². The number of hydrogen-bond acceptors (Lipinski definition) is 5. The zero-order valence-corrected chi connectivity index (χ0v) is 9.71. The first-order valence-corrected chi connectivity index (χ1v) is 5.34. The van der Waals surface area contributed by atoms with Crippen LogP contribution in [0.1, 0.15) is 29.8 Å². The van der Waals surface area contributed by atoms with Gasteiger partial charge in [-0.1, -0.05) is 12.1 Å². The molecule has 2 rings (SSSR count). The number of aliphatic hydroxyl groups is 1. The molecule has 5 heteroatoms. The van der Waals surface area contributed by atoms with Gasteiger partial charge in [-0.2, -0.15) is 0 Å². The topological polar surface area (TPSA) is 72.0 Å². The van der Waals surface area contributed by atoms with E-state index in [0.29, 0.717) is 11.5 Å². The molecule has 0 atom stereocenters. The summed E-state index contributed by atoms with van der Waals surface area (Å²) in [7, 11) is 0. The lowest BCUT2D eigenvalue weighted by Crippen LogP contribution is -1.91. The molecule has 0 aliphatic carbocycles. The first-order chi connectivity index (χ1) is 8.19. The first kappa shape index (κ1) is 11.3. The van der Waals surface area contributed by atoms with Crippen LogP contribution < -0.4 is 0 Å². The minimum atomic E-state index is 0.00588. The van der Waals surface area contributed by atoms with Gasteiger partial charge in [-0.15, -0.1) is 0 Å². The highest BCUT2D eigenvalue weighted by Crippen LogP contribution is 2.15. The summed E-state index contributed by atoms with van der Waals surface area (Å²) in [5, 5.41) is 13.5. The van der Waals surface area contributed by atoms with Crippen molar-refractivity contribution in [3.05, 3.63) is 41.3 Å². The molecule has 2 aromatic heterocycles. The fourth-order valence-corrected chi connectivity index (χ4v) is 1.38. The van der Waals surface area contributed by atoms with Crippen LogP contribution in [0.5, 0.6) is 0 Å². The lowest BCUT2D eigenvalue weighted by Gasteiger charge is -1.97. The van der Waals surface area contributed by atoms with Crippen molar-refractivity contribution in [2.75, 3.05) is 0 Å². The Morgan fingerprint density at radius 2 is 2.24 bits per heavy atom. The summed E-state index contributed by atoms with van der Waals surface area (Å²) in [6.07, 6.45) is 3.83. The molecule has 2 heterocycles. The molecule has 0 aromatic carbocycles. The number of nitrogens with zero attached hydrogens (tertiary/aromatic N) is 3. The van der Waals surface area contributed by atoms with Gasteiger partial charge in [-0.05, 0) is 19.4 Å². The third kappa shape index (κ3) is 2.69. The van der Waals surface area contributed by atoms with Crippen LogP contribution in [-0.4, -0.2) is 20.2 Å². The van der Waals surface area contributed by atoms with Crippen molar-refractivity contribution >= 4 is 11.8 Å². The van der Waals surface area contributed by atoms with Crippen molar-refractivity contribution in [3.63, 3.8) is 0 Å². The number of rotatable bonds is 3. The van der Waals surface area contributed by atoms with E-state index in [-0.39, 0.29) is 5.76 Å². The summed E-state index contributed by atoms with van der Waals surface area (Å²) in [4.78, 5) is 8.13. The van der Waals surface area contributed by atoms with Crippen LogP contribution >= 0.6 is 0 Å². The Hall–Kier alpha value is -2.17. The van der Waals surface area contributed by atoms with Crippen LogP contribution in [0.25, 0.3) is 11.8 Å². The average molecular weight is 231 g/mol. The lowest BCUT2D eigenvalue weighted by atomic mass is 10.2. The number of hydrogen-bond donors (Lipinski definition) is 1. The largest absolute Gasteiger partial charge is 0.504 e. The Morgan fingerprint density at radius 3 is 2.88 bits per heavy atom. The molecule has 0 fully saturated rings. The smallest absolute Gasteiger partial charge is 0.201 e. The predicted molar refractivity (Wildman–Crippen MR) is 63.1 cm³/mol.